The van der Waals surface area contributed by atoms with Gasteiger partial charge in [-0.1, -0.05) is 41.3 Å². The van der Waals surface area contributed by atoms with E-state index in [2.05, 4.69) is 21.2 Å². The lowest BCUT2D eigenvalue weighted by molar-refractivity contribution is -0.122. The van der Waals surface area contributed by atoms with Crippen LogP contribution in [0, 0.1) is 0 Å². The fourth-order valence-electron chi connectivity index (χ4n) is 4.16. The summed E-state index contributed by atoms with van der Waals surface area (Å²) < 4.78 is 39.8. The highest BCUT2D eigenvalue weighted by Crippen LogP contribution is 2.31. The molecule has 1 N–H and O–H groups in total. The Kier molecular flexibility index (Phi) is 8.78. The van der Waals surface area contributed by atoms with Crippen molar-refractivity contribution in [1.29, 1.82) is 0 Å². The molecule has 0 heterocycles. The molecule has 0 saturated heterocycles. The van der Waals surface area contributed by atoms with Gasteiger partial charge in [0.05, 0.1) is 31.7 Å². The van der Waals surface area contributed by atoms with E-state index in [0.29, 0.717) is 11.5 Å². The van der Waals surface area contributed by atoms with Crippen LogP contribution in [0.15, 0.2) is 51.8 Å². The maximum atomic E-state index is 13.5. The van der Waals surface area contributed by atoms with Crippen LogP contribution < -0.4 is 14.8 Å². The van der Waals surface area contributed by atoms with Gasteiger partial charge in [-0.3, -0.25) is 4.79 Å². The lowest BCUT2D eigenvalue weighted by Gasteiger charge is -2.33. The van der Waals surface area contributed by atoms with Gasteiger partial charge in [0, 0.05) is 10.5 Å². The monoisotopic (exact) mass is 538 g/mol. The number of sulfonamides is 1. The minimum Gasteiger partial charge on any atom is -0.493 e. The van der Waals surface area contributed by atoms with Crippen LogP contribution in [0.5, 0.6) is 11.5 Å². The van der Waals surface area contributed by atoms with E-state index in [1.54, 1.807) is 50.6 Å². The molecule has 1 aliphatic carbocycles. The average Bonchev–Trinajstić information content (AvgIpc) is 2.82. The van der Waals surface area contributed by atoms with Crippen molar-refractivity contribution in [2.24, 2.45) is 0 Å². The molecule has 2 aromatic rings. The molecule has 9 heteroatoms. The second kappa shape index (κ2) is 11.4. The van der Waals surface area contributed by atoms with Gasteiger partial charge in [0.25, 0.3) is 0 Å². The van der Waals surface area contributed by atoms with Crippen LogP contribution in [0.4, 0.5) is 0 Å². The third kappa shape index (κ3) is 6.28. The summed E-state index contributed by atoms with van der Waals surface area (Å²) in [5.41, 5.74) is 0.834. The smallest absolute Gasteiger partial charge is 0.243 e. The van der Waals surface area contributed by atoms with Crippen LogP contribution in [-0.4, -0.2) is 45.4 Å². The molecule has 1 fully saturated rings. The van der Waals surface area contributed by atoms with Gasteiger partial charge in [-0.25, -0.2) is 8.42 Å². The normalized spacial score (nSPS) is 15.8. The zero-order chi connectivity index (χ0) is 24.0. The van der Waals surface area contributed by atoms with Gasteiger partial charge in [0.15, 0.2) is 11.5 Å². The molecule has 2 aromatic carbocycles. The first-order valence-electron chi connectivity index (χ1n) is 11.0. The van der Waals surface area contributed by atoms with Gasteiger partial charge in [0.1, 0.15) is 0 Å². The zero-order valence-electron chi connectivity index (χ0n) is 19.2. The van der Waals surface area contributed by atoms with E-state index < -0.39 is 10.0 Å². The number of methoxy groups -OCH3 is 2. The van der Waals surface area contributed by atoms with Crippen molar-refractivity contribution in [3.63, 3.8) is 0 Å². The minimum atomic E-state index is -3.82. The van der Waals surface area contributed by atoms with Gasteiger partial charge >= 0.3 is 0 Å². The second-order valence-corrected chi connectivity index (χ2v) is 11.0. The Bertz CT molecular complexity index is 1050. The Hall–Kier alpha value is -2.10. The summed E-state index contributed by atoms with van der Waals surface area (Å²) in [5.74, 6) is 0.824. The predicted molar refractivity (Wildman–Crippen MR) is 131 cm³/mol. The van der Waals surface area contributed by atoms with E-state index in [1.807, 2.05) is 13.0 Å². The largest absolute Gasteiger partial charge is 0.493 e. The van der Waals surface area contributed by atoms with Crippen LogP contribution in [-0.2, 0) is 14.8 Å². The fraction of sp³-hybridized carbons (Fsp3) is 0.458. The predicted octanol–water partition coefficient (Wildman–Crippen LogP) is 4.67. The quantitative estimate of drug-likeness (QED) is 0.501. The van der Waals surface area contributed by atoms with Crippen molar-refractivity contribution in [1.82, 2.24) is 9.62 Å². The number of carbonyl (C=O) groups is 1. The molecule has 1 atom stereocenters. The van der Waals surface area contributed by atoms with E-state index in [1.165, 1.54) is 4.31 Å². The number of nitrogens with zero attached hydrogens (tertiary/aromatic N) is 1. The molecule has 0 unspecified atom stereocenters. The van der Waals surface area contributed by atoms with E-state index >= 15 is 0 Å². The second-order valence-electron chi connectivity index (χ2n) is 8.20. The molecule has 7 nitrogen and oxygen atoms in total. The van der Waals surface area contributed by atoms with Crippen LogP contribution >= 0.6 is 15.9 Å². The lowest BCUT2D eigenvalue weighted by atomic mass is 9.95. The number of hydrogen-bond donors (Lipinski definition) is 1. The third-order valence-corrected chi connectivity index (χ3v) is 8.43. The van der Waals surface area contributed by atoms with Crippen molar-refractivity contribution < 1.29 is 22.7 Å². The topological polar surface area (TPSA) is 84.9 Å². The summed E-state index contributed by atoms with van der Waals surface area (Å²) in [7, 11) is -0.698. The molecular weight excluding hydrogens is 508 g/mol. The van der Waals surface area contributed by atoms with Crippen LogP contribution in [0.2, 0.25) is 0 Å². The Morgan fingerprint density at radius 1 is 1.06 bits per heavy atom. The van der Waals surface area contributed by atoms with Crippen molar-refractivity contribution in [3.8, 4) is 11.5 Å². The Labute approximate surface area is 204 Å². The number of halogens is 1. The van der Waals surface area contributed by atoms with Crippen molar-refractivity contribution in [2.45, 2.75) is 56.0 Å². The van der Waals surface area contributed by atoms with E-state index in [-0.39, 0.29) is 29.4 Å². The zero-order valence-corrected chi connectivity index (χ0v) is 21.6. The molecule has 0 bridgehead atoms. The molecule has 1 amide bonds. The highest BCUT2D eigenvalue weighted by atomic mass is 79.9. The van der Waals surface area contributed by atoms with Crippen molar-refractivity contribution in [2.75, 3.05) is 20.8 Å². The molecule has 1 saturated carbocycles. The first kappa shape index (κ1) is 25.5. The highest BCUT2D eigenvalue weighted by molar-refractivity contribution is 9.10. The summed E-state index contributed by atoms with van der Waals surface area (Å²) in [6, 6.07) is 11.5. The number of ether oxygens (including phenoxy) is 2. The van der Waals surface area contributed by atoms with Crippen LogP contribution in [0.1, 0.15) is 50.6 Å². The number of benzene rings is 2. The molecule has 3 rings (SSSR count). The van der Waals surface area contributed by atoms with E-state index in [4.69, 9.17) is 9.47 Å². The van der Waals surface area contributed by atoms with Gasteiger partial charge < -0.3 is 14.8 Å². The summed E-state index contributed by atoms with van der Waals surface area (Å²) in [6.07, 6.45) is 4.52. The van der Waals surface area contributed by atoms with Crippen LogP contribution in [0.3, 0.4) is 0 Å². The highest BCUT2D eigenvalue weighted by Gasteiger charge is 2.34. The molecule has 0 aromatic heterocycles. The molecule has 0 radical (unpaired) electrons. The number of amides is 1. The van der Waals surface area contributed by atoms with E-state index in [0.717, 1.165) is 42.1 Å². The molecule has 0 spiro atoms. The first-order chi connectivity index (χ1) is 15.8. The Morgan fingerprint density at radius 3 is 2.30 bits per heavy atom. The third-order valence-electron chi connectivity index (χ3n) is 5.99. The number of rotatable bonds is 9. The average molecular weight is 539 g/mol. The molecule has 180 valence electrons. The molecule has 1 aliphatic rings. The lowest BCUT2D eigenvalue weighted by Crippen LogP contribution is -2.47. The standard InChI is InChI=1S/C24H31BrN2O5S/c1-17(18-9-14-22(31-2)23(15-18)32-3)26-24(28)16-27(20-7-5-4-6-8-20)33(29,30)21-12-10-19(25)11-13-21/h9-15,17,20H,4-8,16H2,1-3H3,(H,26,28)/t17-/m1/s1. The Balaban J connectivity index is 1.79. The fourth-order valence-corrected chi connectivity index (χ4v) is 6.06. The van der Waals surface area contributed by atoms with Crippen LogP contribution in [0.25, 0.3) is 0 Å². The van der Waals surface area contributed by atoms with Gasteiger partial charge in [0.2, 0.25) is 15.9 Å². The SMILES string of the molecule is COc1ccc([C@@H](C)NC(=O)CN(C2CCCCC2)S(=O)(=O)c2ccc(Br)cc2)cc1OC. The number of carbonyl (C=O) groups excluding carboxylic acids is 1. The molecule has 0 aliphatic heterocycles. The summed E-state index contributed by atoms with van der Waals surface area (Å²) in [4.78, 5) is 13.2. The molecule has 33 heavy (non-hydrogen) atoms. The van der Waals surface area contributed by atoms with Gasteiger partial charge in [-0.2, -0.15) is 4.31 Å². The van der Waals surface area contributed by atoms with E-state index in [9.17, 15) is 13.2 Å². The summed E-state index contributed by atoms with van der Waals surface area (Å²) in [6.45, 7) is 1.63. The summed E-state index contributed by atoms with van der Waals surface area (Å²) in [5, 5.41) is 2.94. The van der Waals surface area contributed by atoms with Crippen molar-refractivity contribution >= 4 is 31.9 Å². The summed E-state index contributed by atoms with van der Waals surface area (Å²) >= 11 is 3.35. The van der Waals surface area contributed by atoms with Crippen molar-refractivity contribution in [3.05, 3.63) is 52.5 Å². The van der Waals surface area contributed by atoms with Gasteiger partial charge in [-0.15, -0.1) is 0 Å². The maximum Gasteiger partial charge on any atom is 0.243 e. The van der Waals surface area contributed by atoms with Gasteiger partial charge in [-0.05, 0) is 61.7 Å². The minimum absolute atomic E-state index is 0.186. The number of nitrogens with one attached hydrogen (secondary N) is 1. The molecular formula is C24H31BrN2O5S. The maximum absolute atomic E-state index is 13.5. The Morgan fingerprint density at radius 2 is 1.70 bits per heavy atom. The number of hydrogen-bond acceptors (Lipinski definition) is 5. The first-order valence-corrected chi connectivity index (χ1v) is 13.3.